The van der Waals surface area contributed by atoms with Gasteiger partial charge >= 0.3 is 5.97 Å². The van der Waals surface area contributed by atoms with E-state index in [2.05, 4.69) is 13.0 Å². The molecular weight excluding hydrogens is 268 g/mol. The van der Waals surface area contributed by atoms with Crippen molar-refractivity contribution in [2.75, 3.05) is 13.7 Å². The standard InChI is InChI=1S/C17H24O4/c1-4-20-16(18)8-7-15-11-14-10-13(6-5-9-19-3)12-17(14,2)21-15/h5-9,14-15H,4,10-12H2,1-3H3/b8-7+,9-5-,13-6+. The molecule has 4 nitrogen and oxygen atoms in total. The van der Waals surface area contributed by atoms with Crippen molar-refractivity contribution in [3.05, 3.63) is 36.1 Å². The molecule has 0 N–H and O–H groups in total. The highest BCUT2D eigenvalue weighted by Gasteiger charge is 2.48. The van der Waals surface area contributed by atoms with Gasteiger partial charge in [0, 0.05) is 6.08 Å². The Labute approximate surface area is 126 Å². The highest BCUT2D eigenvalue weighted by atomic mass is 16.5. The van der Waals surface area contributed by atoms with Crippen molar-refractivity contribution in [1.82, 2.24) is 0 Å². The Bertz CT molecular complexity index is 463. The maximum atomic E-state index is 11.3. The van der Waals surface area contributed by atoms with E-state index in [4.69, 9.17) is 14.2 Å². The summed E-state index contributed by atoms with van der Waals surface area (Å²) in [7, 11) is 1.64. The van der Waals surface area contributed by atoms with E-state index in [1.807, 2.05) is 12.2 Å². The van der Waals surface area contributed by atoms with Crippen LogP contribution in [0.15, 0.2) is 36.1 Å². The van der Waals surface area contributed by atoms with Crippen LogP contribution >= 0.6 is 0 Å². The SMILES string of the molecule is CCOC(=O)/C=C/C1CC2C/C(=C\C=C/OC)CC2(C)O1. The van der Waals surface area contributed by atoms with E-state index in [0.717, 1.165) is 19.3 Å². The van der Waals surface area contributed by atoms with Gasteiger partial charge in [0.15, 0.2) is 0 Å². The van der Waals surface area contributed by atoms with Crippen LogP contribution < -0.4 is 0 Å². The van der Waals surface area contributed by atoms with Crippen LogP contribution in [0.3, 0.4) is 0 Å². The second-order valence-corrected chi connectivity index (χ2v) is 5.78. The number of hydrogen-bond acceptors (Lipinski definition) is 4. The molecule has 1 aliphatic carbocycles. The molecule has 3 unspecified atom stereocenters. The summed E-state index contributed by atoms with van der Waals surface area (Å²) in [6.45, 7) is 4.37. The van der Waals surface area contributed by atoms with Crippen LogP contribution in [0.5, 0.6) is 0 Å². The van der Waals surface area contributed by atoms with Gasteiger partial charge in [-0.1, -0.05) is 11.6 Å². The van der Waals surface area contributed by atoms with E-state index in [9.17, 15) is 4.79 Å². The van der Waals surface area contributed by atoms with Crippen molar-refractivity contribution >= 4 is 5.97 Å². The molecule has 1 saturated carbocycles. The number of carbonyl (C=O) groups excluding carboxylic acids is 1. The minimum absolute atomic E-state index is 0.0143. The normalized spacial score (nSPS) is 34.0. The summed E-state index contributed by atoms with van der Waals surface area (Å²) < 4.78 is 15.9. The number of rotatable bonds is 5. The Kier molecular flexibility index (Phi) is 5.23. The zero-order valence-electron chi connectivity index (χ0n) is 13.0. The first-order valence-electron chi connectivity index (χ1n) is 7.47. The van der Waals surface area contributed by atoms with Gasteiger partial charge in [-0.2, -0.15) is 0 Å². The van der Waals surface area contributed by atoms with Crippen LogP contribution in [-0.2, 0) is 19.0 Å². The fourth-order valence-corrected chi connectivity index (χ4v) is 3.22. The lowest BCUT2D eigenvalue weighted by Gasteiger charge is -2.22. The highest BCUT2D eigenvalue weighted by molar-refractivity contribution is 5.81. The zero-order chi connectivity index (χ0) is 15.3. The Morgan fingerprint density at radius 2 is 2.33 bits per heavy atom. The Morgan fingerprint density at radius 1 is 1.52 bits per heavy atom. The van der Waals surface area contributed by atoms with Crippen LogP contribution in [0.2, 0.25) is 0 Å². The summed E-state index contributed by atoms with van der Waals surface area (Å²) in [5.74, 6) is 0.213. The summed E-state index contributed by atoms with van der Waals surface area (Å²) in [4.78, 5) is 11.3. The quantitative estimate of drug-likeness (QED) is 0.443. The van der Waals surface area contributed by atoms with E-state index < -0.39 is 0 Å². The predicted molar refractivity (Wildman–Crippen MR) is 80.6 cm³/mol. The van der Waals surface area contributed by atoms with Crippen LogP contribution in [0.1, 0.15) is 33.1 Å². The number of methoxy groups -OCH3 is 1. The summed E-state index contributed by atoms with van der Waals surface area (Å²) in [5.41, 5.74) is 1.28. The molecule has 2 aliphatic rings. The van der Waals surface area contributed by atoms with Crippen molar-refractivity contribution in [3.8, 4) is 0 Å². The third-order valence-electron chi connectivity index (χ3n) is 4.17. The van der Waals surface area contributed by atoms with Gasteiger partial charge < -0.3 is 14.2 Å². The maximum absolute atomic E-state index is 11.3. The van der Waals surface area contributed by atoms with E-state index in [0.29, 0.717) is 12.5 Å². The first kappa shape index (κ1) is 15.8. The van der Waals surface area contributed by atoms with Crippen LogP contribution in [0.4, 0.5) is 0 Å². The van der Waals surface area contributed by atoms with Crippen LogP contribution in [0.25, 0.3) is 0 Å². The number of allylic oxidation sites excluding steroid dienone is 2. The maximum Gasteiger partial charge on any atom is 0.330 e. The van der Waals surface area contributed by atoms with E-state index in [-0.39, 0.29) is 17.7 Å². The van der Waals surface area contributed by atoms with Crippen LogP contribution in [0, 0.1) is 5.92 Å². The molecule has 0 aromatic carbocycles. The fourth-order valence-electron chi connectivity index (χ4n) is 3.22. The molecule has 1 aliphatic heterocycles. The van der Waals surface area contributed by atoms with Gasteiger partial charge in [0.1, 0.15) is 0 Å². The molecule has 3 atom stereocenters. The molecule has 0 spiro atoms. The van der Waals surface area contributed by atoms with Crippen molar-refractivity contribution < 1.29 is 19.0 Å². The number of fused-ring (bicyclic) bond motifs is 1. The summed E-state index contributed by atoms with van der Waals surface area (Å²) in [6, 6.07) is 0. The molecule has 4 heteroatoms. The number of carbonyl (C=O) groups is 1. The third-order valence-corrected chi connectivity index (χ3v) is 4.17. The largest absolute Gasteiger partial charge is 0.504 e. The summed E-state index contributed by atoms with van der Waals surface area (Å²) in [5, 5.41) is 0. The van der Waals surface area contributed by atoms with Crippen molar-refractivity contribution in [2.24, 2.45) is 5.92 Å². The van der Waals surface area contributed by atoms with Crippen molar-refractivity contribution in [1.29, 1.82) is 0 Å². The number of esters is 1. The first-order chi connectivity index (χ1) is 10.1. The molecule has 116 valence electrons. The third kappa shape index (κ3) is 3.97. The van der Waals surface area contributed by atoms with E-state index in [1.165, 1.54) is 11.6 Å². The van der Waals surface area contributed by atoms with Crippen molar-refractivity contribution in [3.63, 3.8) is 0 Å². The second-order valence-electron chi connectivity index (χ2n) is 5.78. The molecule has 0 bridgehead atoms. The van der Waals surface area contributed by atoms with Gasteiger partial charge in [-0.05, 0) is 51.2 Å². The molecule has 2 rings (SSSR count). The molecule has 1 saturated heterocycles. The first-order valence-corrected chi connectivity index (χ1v) is 7.47. The average molecular weight is 292 g/mol. The fraction of sp³-hybridized carbons (Fsp3) is 0.588. The lowest BCUT2D eigenvalue weighted by atomic mass is 9.92. The predicted octanol–water partition coefficient (Wildman–Crippen LogP) is 3.15. The molecule has 1 heterocycles. The number of ether oxygens (including phenoxy) is 3. The molecule has 0 aromatic heterocycles. The number of hydrogen-bond donors (Lipinski definition) is 0. The highest BCUT2D eigenvalue weighted by Crippen LogP contribution is 2.50. The average Bonchev–Trinajstić information content (AvgIpc) is 2.88. The molecule has 2 fully saturated rings. The lowest BCUT2D eigenvalue weighted by Crippen LogP contribution is -2.26. The molecule has 21 heavy (non-hydrogen) atoms. The van der Waals surface area contributed by atoms with Gasteiger partial charge in [-0.25, -0.2) is 4.79 Å². The molecular formula is C17H24O4. The lowest BCUT2D eigenvalue weighted by molar-refractivity contribution is -0.137. The van der Waals surface area contributed by atoms with Gasteiger partial charge in [0.05, 0.1) is 31.7 Å². The molecule has 0 aromatic rings. The van der Waals surface area contributed by atoms with Gasteiger partial charge in [0.25, 0.3) is 0 Å². The Balaban J connectivity index is 1.91. The molecule has 0 radical (unpaired) electrons. The minimum atomic E-state index is -0.298. The second kappa shape index (κ2) is 6.94. The Morgan fingerprint density at radius 3 is 3.00 bits per heavy atom. The van der Waals surface area contributed by atoms with Gasteiger partial charge in [-0.15, -0.1) is 0 Å². The van der Waals surface area contributed by atoms with E-state index >= 15 is 0 Å². The van der Waals surface area contributed by atoms with Gasteiger partial charge in [-0.3, -0.25) is 0 Å². The smallest absolute Gasteiger partial charge is 0.330 e. The van der Waals surface area contributed by atoms with Crippen LogP contribution in [-0.4, -0.2) is 31.4 Å². The Hall–Kier alpha value is -1.55. The zero-order valence-corrected chi connectivity index (χ0v) is 13.0. The topological polar surface area (TPSA) is 44.8 Å². The summed E-state index contributed by atoms with van der Waals surface area (Å²) >= 11 is 0. The molecule has 0 amide bonds. The van der Waals surface area contributed by atoms with Crippen molar-refractivity contribution in [2.45, 2.75) is 44.8 Å². The minimum Gasteiger partial charge on any atom is -0.504 e. The summed E-state index contributed by atoms with van der Waals surface area (Å²) in [6.07, 6.45) is 12.0. The monoisotopic (exact) mass is 292 g/mol. The van der Waals surface area contributed by atoms with Gasteiger partial charge in [0.2, 0.25) is 0 Å². The van der Waals surface area contributed by atoms with E-state index in [1.54, 1.807) is 20.3 Å².